The average Bonchev–Trinajstić information content (AvgIpc) is 3.02. The number of hydrogen-bond donors (Lipinski definition) is 0. The second-order valence-corrected chi connectivity index (χ2v) is 14.1. The molecule has 0 aliphatic carbocycles. The van der Waals surface area contributed by atoms with E-state index >= 15 is 0 Å². The minimum atomic E-state index is 0.390. The van der Waals surface area contributed by atoms with Crippen LogP contribution in [0, 0.1) is 0 Å². The molecule has 3 unspecified atom stereocenters. The van der Waals surface area contributed by atoms with Gasteiger partial charge in [0.15, 0.2) is 0 Å². The third-order valence-electron chi connectivity index (χ3n) is 2.34. The molecular formula is C10H18S2Te2. The van der Waals surface area contributed by atoms with E-state index in [2.05, 4.69) is 30.4 Å². The van der Waals surface area contributed by atoms with Crippen LogP contribution in [0.4, 0.5) is 0 Å². The fourth-order valence-corrected chi connectivity index (χ4v) is 12.8. The van der Waals surface area contributed by atoms with Crippen LogP contribution in [0.2, 0.25) is 17.4 Å². The van der Waals surface area contributed by atoms with Gasteiger partial charge in [0.05, 0.1) is 0 Å². The van der Waals surface area contributed by atoms with Gasteiger partial charge >= 0.3 is 118 Å². The standard InChI is InChI=1S/C10H18S2Te2/c1-8(14-7-10-5-12-10)2-3-13-6-9-4-11-9/h8-10H,2-7H2,1H3. The molecule has 2 fully saturated rings. The molecule has 0 radical (unpaired) electrons. The molecule has 0 N–H and O–H groups in total. The maximum atomic E-state index is 2.52. The Labute approximate surface area is 117 Å². The molecule has 0 aromatic heterocycles. The molecule has 2 saturated heterocycles. The van der Waals surface area contributed by atoms with Gasteiger partial charge in [0.1, 0.15) is 0 Å². The molecule has 0 spiro atoms. The molecular weight excluding hydrogens is 439 g/mol. The molecule has 0 aromatic carbocycles. The number of rotatable bonds is 8. The van der Waals surface area contributed by atoms with E-state index in [-0.39, 0.29) is 0 Å². The Balaban J connectivity index is 1.38. The average molecular weight is 458 g/mol. The summed E-state index contributed by atoms with van der Waals surface area (Å²) in [5, 5.41) is 2.26. The van der Waals surface area contributed by atoms with Gasteiger partial charge in [-0.05, 0) is 0 Å². The van der Waals surface area contributed by atoms with Gasteiger partial charge in [-0.2, -0.15) is 0 Å². The second kappa shape index (κ2) is 6.88. The van der Waals surface area contributed by atoms with E-state index in [1.807, 2.05) is 0 Å². The van der Waals surface area contributed by atoms with Crippen LogP contribution in [0.5, 0.6) is 0 Å². The normalized spacial score (nSPS) is 31.5. The quantitative estimate of drug-likeness (QED) is 0.312. The summed E-state index contributed by atoms with van der Waals surface area (Å²) in [5.41, 5.74) is 0. The van der Waals surface area contributed by atoms with Crippen LogP contribution in [0.25, 0.3) is 0 Å². The number of thioether (sulfide) groups is 2. The topological polar surface area (TPSA) is 0 Å². The third kappa shape index (κ3) is 6.12. The van der Waals surface area contributed by atoms with Crippen molar-refractivity contribution in [1.29, 1.82) is 0 Å². The Bertz CT molecular complexity index is 170. The molecule has 3 atom stereocenters. The van der Waals surface area contributed by atoms with Crippen LogP contribution in [-0.2, 0) is 0 Å². The van der Waals surface area contributed by atoms with Crippen molar-refractivity contribution in [3.63, 3.8) is 0 Å². The zero-order chi connectivity index (χ0) is 9.80. The molecule has 4 heteroatoms. The minimum absolute atomic E-state index is 0.390. The molecule has 82 valence electrons. The van der Waals surface area contributed by atoms with Gasteiger partial charge in [-0.25, -0.2) is 0 Å². The SMILES string of the molecule is CC(CC[Te]CC1CS1)[Te]CC1CS1. The van der Waals surface area contributed by atoms with E-state index in [1.165, 1.54) is 11.5 Å². The van der Waals surface area contributed by atoms with Gasteiger partial charge in [-0.3, -0.25) is 0 Å². The Morgan fingerprint density at radius 3 is 2.50 bits per heavy atom. The van der Waals surface area contributed by atoms with E-state index in [9.17, 15) is 0 Å². The summed E-state index contributed by atoms with van der Waals surface area (Å²) in [4.78, 5) is 0. The molecule has 0 aromatic rings. The fourth-order valence-electron chi connectivity index (χ4n) is 1.15. The van der Waals surface area contributed by atoms with Gasteiger partial charge in [0.2, 0.25) is 0 Å². The first-order valence-corrected chi connectivity index (χ1v) is 13.7. The van der Waals surface area contributed by atoms with Gasteiger partial charge in [-0.15, -0.1) is 0 Å². The van der Waals surface area contributed by atoms with Crippen molar-refractivity contribution in [3.8, 4) is 0 Å². The number of hydrogen-bond acceptors (Lipinski definition) is 2. The van der Waals surface area contributed by atoms with Crippen LogP contribution in [0.1, 0.15) is 13.3 Å². The first-order chi connectivity index (χ1) is 6.84. The van der Waals surface area contributed by atoms with Crippen molar-refractivity contribution in [2.45, 2.75) is 41.2 Å². The summed E-state index contributed by atoms with van der Waals surface area (Å²) in [7, 11) is 0. The van der Waals surface area contributed by atoms with E-state index in [4.69, 9.17) is 0 Å². The van der Waals surface area contributed by atoms with E-state index in [0.29, 0.717) is 41.8 Å². The van der Waals surface area contributed by atoms with Crippen molar-refractivity contribution in [3.05, 3.63) is 0 Å². The molecule has 2 aliphatic heterocycles. The molecule has 0 nitrogen and oxygen atoms in total. The summed E-state index contributed by atoms with van der Waals surface area (Å²) in [5.74, 6) is 2.98. The zero-order valence-electron chi connectivity index (χ0n) is 8.61. The Hall–Kier alpha value is 2.28. The summed E-state index contributed by atoms with van der Waals surface area (Å²) >= 11 is 5.20. The molecule has 0 bridgehead atoms. The summed E-state index contributed by atoms with van der Waals surface area (Å²) < 4.78 is 6.07. The van der Waals surface area contributed by atoms with Crippen molar-refractivity contribution >= 4 is 65.4 Å². The molecule has 0 saturated carbocycles. The van der Waals surface area contributed by atoms with Crippen LogP contribution in [-0.4, -0.2) is 63.9 Å². The van der Waals surface area contributed by atoms with Gasteiger partial charge < -0.3 is 0 Å². The summed E-state index contributed by atoms with van der Waals surface area (Å²) in [6.45, 7) is 2.52. The van der Waals surface area contributed by atoms with E-state index in [0.717, 1.165) is 14.5 Å². The van der Waals surface area contributed by atoms with E-state index in [1.54, 1.807) is 19.8 Å². The van der Waals surface area contributed by atoms with Gasteiger partial charge in [-0.1, -0.05) is 0 Å². The maximum absolute atomic E-state index is 2.52. The van der Waals surface area contributed by atoms with Crippen LogP contribution in [0.15, 0.2) is 0 Å². The van der Waals surface area contributed by atoms with Crippen molar-refractivity contribution < 1.29 is 0 Å². The second-order valence-electron chi connectivity index (χ2n) is 3.92. The monoisotopic (exact) mass is 462 g/mol. The Morgan fingerprint density at radius 1 is 1.21 bits per heavy atom. The van der Waals surface area contributed by atoms with E-state index < -0.39 is 0 Å². The summed E-state index contributed by atoms with van der Waals surface area (Å²) in [6.07, 6.45) is 1.60. The van der Waals surface area contributed by atoms with Crippen molar-refractivity contribution in [1.82, 2.24) is 0 Å². The van der Waals surface area contributed by atoms with Crippen LogP contribution < -0.4 is 0 Å². The third-order valence-corrected chi connectivity index (χ3v) is 12.9. The van der Waals surface area contributed by atoms with Crippen LogP contribution >= 0.6 is 23.5 Å². The van der Waals surface area contributed by atoms with Gasteiger partial charge in [0.25, 0.3) is 0 Å². The predicted octanol–water partition coefficient (Wildman–Crippen LogP) is 3.08. The zero-order valence-corrected chi connectivity index (χ0v) is 14.9. The molecule has 14 heavy (non-hydrogen) atoms. The Kier molecular flexibility index (Phi) is 6.26. The van der Waals surface area contributed by atoms with Crippen molar-refractivity contribution in [2.75, 3.05) is 11.5 Å². The van der Waals surface area contributed by atoms with Crippen molar-refractivity contribution in [2.24, 2.45) is 0 Å². The first kappa shape index (κ1) is 12.7. The molecule has 2 heterocycles. The first-order valence-electron chi connectivity index (χ1n) is 5.27. The molecule has 0 amide bonds. The molecule has 2 rings (SSSR count). The predicted molar refractivity (Wildman–Crippen MR) is 72.5 cm³/mol. The summed E-state index contributed by atoms with van der Waals surface area (Å²) in [6, 6.07) is 0. The van der Waals surface area contributed by atoms with Crippen LogP contribution in [0.3, 0.4) is 0 Å². The Morgan fingerprint density at radius 2 is 1.86 bits per heavy atom. The van der Waals surface area contributed by atoms with Gasteiger partial charge in [0, 0.05) is 0 Å². The molecule has 2 aliphatic rings. The fraction of sp³-hybridized carbons (Fsp3) is 1.00.